The van der Waals surface area contributed by atoms with Crippen molar-refractivity contribution in [2.45, 2.75) is 31.9 Å². The molecule has 0 radical (unpaired) electrons. The van der Waals surface area contributed by atoms with Crippen molar-refractivity contribution in [3.63, 3.8) is 0 Å². The SMILES string of the molecule is C[C@H](NCC1CCC=CO1)c1ccccc1. The molecule has 2 heteroatoms. The minimum atomic E-state index is 0.330. The fourth-order valence-electron chi connectivity index (χ4n) is 1.90. The molecule has 0 aromatic heterocycles. The number of benzene rings is 1. The number of hydrogen-bond donors (Lipinski definition) is 1. The molecule has 0 saturated carbocycles. The van der Waals surface area contributed by atoms with Crippen molar-refractivity contribution in [2.24, 2.45) is 0 Å². The molecule has 1 aliphatic heterocycles. The summed E-state index contributed by atoms with van der Waals surface area (Å²) in [6.45, 7) is 3.11. The molecule has 1 heterocycles. The highest BCUT2D eigenvalue weighted by molar-refractivity contribution is 5.18. The van der Waals surface area contributed by atoms with Crippen LogP contribution in [-0.4, -0.2) is 12.6 Å². The van der Waals surface area contributed by atoms with Crippen molar-refractivity contribution in [3.8, 4) is 0 Å². The van der Waals surface area contributed by atoms with Gasteiger partial charge in [-0.05, 0) is 31.4 Å². The van der Waals surface area contributed by atoms with Gasteiger partial charge in [0.1, 0.15) is 6.10 Å². The van der Waals surface area contributed by atoms with E-state index in [4.69, 9.17) is 4.74 Å². The third-order valence-electron chi connectivity index (χ3n) is 2.97. The van der Waals surface area contributed by atoms with Crippen LogP contribution in [0.1, 0.15) is 31.4 Å². The van der Waals surface area contributed by atoms with Gasteiger partial charge in [0.05, 0.1) is 6.26 Å². The van der Waals surface area contributed by atoms with E-state index in [0.29, 0.717) is 12.1 Å². The highest BCUT2D eigenvalue weighted by Crippen LogP contribution is 2.13. The lowest BCUT2D eigenvalue weighted by molar-refractivity contribution is 0.120. The summed E-state index contributed by atoms with van der Waals surface area (Å²) < 4.78 is 5.52. The number of allylic oxidation sites excluding steroid dienone is 1. The largest absolute Gasteiger partial charge is 0.497 e. The molecule has 1 unspecified atom stereocenters. The summed E-state index contributed by atoms with van der Waals surface area (Å²) in [4.78, 5) is 0. The summed E-state index contributed by atoms with van der Waals surface area (Å²) >= 11 is 0. The molecular formula is C14H19NO. The molecule has 0 spiro atoms. The van der Waals surface area contributed by atoms with Crippen LogP contribution in [-0.2, 0) is 4.74 Å². The van der Waals surface area contributed by atoms with E-state index in [1.54, 1.807) is 0 Å². The molecule has 16 heavy (non-hydrogen) atoms. The smallest absolute Gasteiger partial charge is 0.110 e. The van der Waals surface area contributed by atoms with Crippen molar-refractivity contribution in [1.29, 1.82) is 0 Å². The molecule has 2 nitrogen and oxygen atoms in total. The van der Waals surface area contributed by atoms with Gasteiger partial charge in [0, 0.05) is 12.6 Å². The summed E-state index contributed by atoms with van der Waals surface area (Å²) in [6.07, 6.45) is 6.48. The van der Waals surface area contributed by atoms with Crippen LogP contribution in [0.3, 0.4) is 0 Å². The molecular weight excluding hydrogens is 198 g/mol. The Morgan fingerprint density at radius 3 is 2.88 bits per heavy atom. The molecule has 0 aliphatic carbocycles. The highest BCUT2D eigenvalue weighted by atomic mass is 16.5. The maximum Gasteiger partial charge on any atom is 0.110 e. The van der Waals surface area contributed by atoms with E-state index < -0.39 is 0 Å². The predicted molar refractivity (Wildman–Crippen MR) is 66.1 cm³/mol. The topological polar surface area (TPSA) is 21.3 Å². The lowest BCUT2D eigenvalue weighted by atomic mass is 10.1. The number of hydrogen-bond acceptors (Lipinski definition) is 2. The number of ether oxygens (including phenoxy) is 1. The van der Waals surface area contributed by atoms with E-state index >= 15 is 0 Å². The zero-order valence-electron chi connectivity index (χ0n) is 9.73. The molecule has 1 aromatic carbocycles. The third kappa shape index (κ3) is 3.11. The van der Waals surface area contributed by atoms with E-state index in [1.165, 1.54) is 5.56 Å². The summed E-state index contributed by atoms with van der Waals surface area (Å²) in [5.41, 5.74) is 1.33. The fourth-order valence-corrected chi connectivity index (χ4v) is 1.90. The van der Waals surface area contributed by atoms with E-state index in [0.717, 1.165) is 19.4 Å². The normalized spacial score (nSPS) is 21.4. The Hall–Kier alpha value is -1.28. The predicted octanol–water partition coefficient (Wildman–Crippen LogP) is 3.03. The summed E-state index contributed by atoms with van der Waals surface area (Å²) in [6, 6.07) is 10.9. The molecule has 0 saturated heterocycles. The Morgan fingerprint density at radius 2 is 2.19 bits per heavy atom. The molecule has 0 amide bonds. The second kappa shape index (κ2) is 5.71. The van der Waals surface area contributed by atoms with E-state index in [2.05, 4.69) is 42.6 Å². The van der Waals surface area contributed by atoms with Crippen LogP contribution in [0.2, 0.25) is 0 Å². The molecule has 2 rings (SSSR count). The van der Waals surface area contributed by atoms with Crippen molar-refractivity contribution in [3.05, 3.63) is 48.2 Å². The van der Waals surface area contributed by atoms with Gasteiger partial charge in [-0.2, -0.15) is 0 Å². The second-order valence-electron chi connectivity index (χ2n) is 4.25. The minimum absolute atomic E-state index is 0.330. The zero-order valence-corrected chi connectivity index (χ0v) is 9.73. The van der Waals surface area contributed by atoms with Crippen molar-refractivity contribution in [2.75, 3.05) is 6.54 Å². The van der Waals surface area contributed by atoms with Crippen LogP contribution >= 0.6 is 0 Å². The van der Waals surface area contributed by atoms with Gasteiger partial charge in [-0.1, -0.05) is 30.3 Å². The Kier molecular flexibility index (Phi) is 4.00. The van der Waals surface area contributed by atoms with Crippen molar-refractivity contribution in [1.82, 2.24) is 5.32 Å². The highest BCUT2D eigenvalue weighted by Gasteiger charge is 2.12. The second-order valence-corrected chi connectivity index (χ2v) is 4.25. The lowest BCUT2D eigenvalue weighted by Gasteiger charge is -2.22. The average Bonchev–Trinajstić information content (AvgIpc) is 2.38. The van der Waals surface area contributed by atoms with Gasteiger partial charge in [-0.3, -0.25) is 0 Å². The molecule has 1 aromatic rings. The van der Waals surface area contributed by atoms with Gasteiger partial charge in [0.2, 0.25) is 0 Å². The Bertz CT molecular complexity index is 334. The van der Waals surface area contributed by atoms with Crippen molar-refractivity contribution < 1.29 is 4.74 Å². The Morgan fingerprint density at radius 1 is 1.38 bits per heavy atom. The number of nitrogens with one attached hydrogen (secondary N) is 1. The van der Waals surface area contributed by atoms with Crippen LogP contribution < -0.4 is 5.32 Å². The van der Waals surface area contributed by atoms with Crippen molar-refractivity contribution >= 4 is 0 Å². The summed E-state index contributed by atoms with van der Waals surface area (Å²) in [5, 5.41) is 3.51. The fraction of sp³-hybridized carbons (Fsp3) is 0.429. The van der Waals surface area contributed by atoms with Crippen LogP contribution in [0.25, 0.3) is 0 Å². The Labute approximate surface area is 97.3 Å². The average molecular weight is 217 g/mol. The molecule has 1 aliphatic rings. The molecule has 0 bridgehead atoms. The lowest BCUT2D eigenvalue weighted by Crippen LogP contribution is -2.30. The first-order valence-electron chi connectivity index (χ1n) is 5.95. The van der Waals surface area contributed by atoms with Crippen LogP contribution in [0.4, 0.5) is 0 Å². The summed E-state index contributed by atoms with van der Waals surface area (Å²) in [5.74, 6) is 0. The van der Waals surface area contributed by atoms with Gasteiger partial charge in [-0.15, -0.1) is 0 Å². The van der Waals surface area contributed by atoms with Crippen LogP contribution in [0, 0.1) is 0 Å². The Balaban J connectivity index is 1.79. The molecule has 0 fully saturated rings. The first-order valence-corrected chi connectivity index (χ1v) is 5.95. The van der Waals surface area contributed by atoms with Gasteiger partial charge >= 0.3 is 0 Å². The number of rotatable bonds is 4. The van der Waals surface area contributed by atoms with E-state index in [1.807, 2.05) is 12.3 Å². The molecule has 1 N–H and O–H groups in total. The molecule has 86 valence electrons. The minimum Gasteiger partial charge on any atom is -0.497 e. The zero-order chi connectivity index (χ0) is 11.2. The first kappa shape index (κ1) is 11.2. The van der Waals surface area contributed by atoms with Gasteiger partial charge in [-0.25, -0.2) is 0 Å². The van der Waals surface area contributed by atoms with E-state index in [-0.39, 0.29) is 0 Å². The maximum absolute atomic E-state index is 5.52. The molecule has 2 atom stereocenters. The van der Waals surface area contributed by atoms with Crippen LogP contribution in [0.15, 0.2) is 42.7 Å². The summed E-state index contributed by atoms with van der Waals surface area (Å²) in [7, 11) is 0. The van der Waals surface area contributed by atoms with E-state index in [9.17, 15) is 0 Å². The van der Waals surface area contributed by atoms with Gasteiger partial charge in [0.15, 0.2) is 0 Å². The monoisotopic (exact) mass is 217 g/mol. The quantitative estimate of drug-likeness (QED) is 0.837. The van der Waals surface area contributed by atoms with Gasteiger partial charge in [0.25, 0.3) is 0 Å². The standard InChI is InChI=1S/C14H19NO/c1-12(13-7-3-2-4-8-13)15-11-14-9-5-6-10-16-14/h2-4,6-8,10,12,14-15H,5,9,11H2,1H3/t12-,14?/m0/s1. The third-order valence-corrected chi connectivity index (χ3v) is 2.97. The first-order chi connectivity index (χ1) is 7.86. The van der Waals surface area contributed by atoms with Gasteiger partial charge < -0.3 is 10.1 Å². The maximum atomic E-state index is 5.52. The van der Waals surface area contributed by atoms with Crippen LogP contribution in [0.5, 0.6) is 0 Å².